The summed E-state index contributed by atoms with van der Waals surface area (Å²) in [5.74, 6) is -0.663. The van der Waals surface area contributed by atoms with Gasteiger partial charge in [0.15, 0.2) is 11.5 Å². The van der Waals surface area contributed by atoms with Crippen LogP contribution in [0.2, 0.25) is 5.02 Å². The summed E-state index contributed by atoms with van der Waals surface area (Å²) in [4.78, 5) is 50.8. The van der Waals surface area contributed by atoms with Crippen LogP contribution in [-0.2, 0) is 35.1 Å². The van der Waals surface area contributed by atoms with Crippen LogP contribution in [0.25, 0.3) is 11.4 Å². The van der Waals surface area contributed by atoms with Gasteiger partial charge in [0.2, 0.25) is 11.7 Å². The van der Waals surface area contributed by atoms with Gasteiger partial charge in [-0.25, -0.2) is 4.98 Å². The molecule has 1 fully saturated rings. The van der Waals surface area contributed by atoms with Crippen molar-refractivity contribution in [2.24, 2.45) is 5.41 Å². The first-order valence-electron chi connectivity index (χ1n) is 15.3. The van der Waals surface area contributed by atoms with Gasteiger partial charge in [-0.2, -0.15) is 22.7 Å². The molecule has 0 atom stereocenters. The summed E-state index contributed by atoms with van der Waals surface area (Å²) in [6, 6.07) is 5.62. The monoisotopic (exact) mass is 683 g/mol. The number of carbonyl (C=O) groups is 2. The van der Waals surface area contributed by atoms with E-state index >= 15 is 0 Å². The number of halogens is 4. The smallest absolute Gasteiger partial charge is 0.416 e. The zero-order chi connectivity index (χ0) is 33.8. The van der Waals surface area contributed by atoms with E-state index in [4.69, 9.17) is 16.3 Å². The van der Waals surface area contributed by atoms with E-state index < -0.39 is 17.6 Å². The molecule has 0 bridgehead atoms. The number of ether oxygens (including phenoxy) is 1. The van der Waals surface area contributed by atoms with Crippen molar-refractivity contribution >= 4 is 40.5 Å². The molecule has 12 nitrogen and oxygen atoms in total. The number of fused-ring (bicyclic) bond motifs is 2. The van der Waals surface area contributed by atoms with Gasteiger partial charge in [-0.05, 0) is 73.4 Å². The standard InChI is InChI=1S/C32H29ClF3N7O5/c33-21-14-19(32(34,35)36)3-4-22(21)38-25(45)17-42-23-16-31(7-10-41(11-8-31)29(47)26-24(44)2-1-9-37-26)15-20(23)28(46)43-30(42)39-27(40-43)18-5-12-48-13-6-18/h1-5,9,14,44H,6-8,10-13,15-17H2,(H,38,45). The molecule has 0 saturated carbocycles. The lowest BCUT2D eigenvalue weighted by molar-refractivity contribution is -0.137. The van der Waals surface area contributed by atoms with Crippen LogP contribution >= 0.6 is 11.6 Å². The van der Waals surface area contributed by atoms with Gasteiger partial charge in [0.25, 0.3) is 11.5 Å². The number of amides is 2. The fraction of sp³-hybridized carbons (Fsp3) is 0.375. The molecule has 16 heteroatoms. The zero-order valence-electron chi connectivity index (χ0n) is 25.4. The number of pyridine rings is 1. The molecule has 0 unspecified atom stereocenters. The maximum atomic E-state index is 13.9. The Morgan fingerprint density at radius 2 is 1.94 bits per heavy atom. The fourth-order valence-corrected chi connectivity index (χ4v) is 6.96. The average Bonchev–Trinajstić information content (AvgIpc) is 3.68. The van der Waals surface area contributed by atoms with Gasteiger partial charge in [0.05, 0.1) is 29.5 Å². The molecule has 250 valence electrons. The van der Waals surface area contributed by atoms with E-state index in [1.54, 1.807) is 9.47 Å². The number of hydrogen-bond donors (Lipinski definition) is 2. The predicted octanol–water partition coefficient (Wildman–Crippen LogP) is 4.13. The summed E-state index contributed by atoms with van der Waals surface area (Å²) >= 11 is 6.11. The Morgan fingerprint density at radius 1 is 1.15 bits per heavy atom. The molecule has 5 heterocycles. The summed E-state index contributed by atoms with van der Waals surface area (Å²) in [5.41, 5.74) is 0.219. The zero-order valence-corrected chi connectivity index (χ0v) is 26.1. The van der Waals surface area contributed by atoms with Crippen molar-refractivity contribution in [2.45, 2.75) is 44.8 Å². The summed E-state index contributed by atoms with van der Waals surface area (Å²) in [7, 11) is 0. The molecule has 7 rings (SSSR count). The van der Waals surface area contributed by atoms with Crippen molar-refractivity contribution < 1.29 is 32.6 Å². The van der Waals surface area contributed by atoms with E-state index in [9.17, 15) is 32.7 Å². The Hall–Kier alpha value is -4.76. The largest absolute Gasteiger partial charge is 0.505 e. The Bertz CT molecular complexity index is 2050. The molecule has 3 aromatic heterocycles. The highest BCUT2D eigenvalue weighted by atomic mass is 35.5. The topological polar surface area (TPSA) is 144 Å². The van der Waals surface area contributed by atoms with E-state index in [-0.39, 0.29) is 51.4 Å². The lowest BCUT2D eigenvalue weighted by Gasteiger charge is -2.39. The fourth-order valence-electron chi connectivity index (χ4n) is 6.73. The number of aromatic hydroxyl groups is 1. The Morgan fingerprint density at radius 3 is 2.62 bits per heavy atom. The second-order valence-electron chi connectivity index (χ2n) is 12.3. The van der Waals surface area contributed by atoms with Crippen molar-refractivity contribution in [3.8, 4) is 5.75 Å². The first-order chi connectivity index (χ1) is 22.9. The molecular weight excluding hydrogens is 655 g/mol. The summed E-state index contributed by atoms with van der Waals surface area (Å²) in [6.07, 6.45) is 1.17. The maximum absolute atomic E-state index is 13.9. The van der Waals surface area contributed by atoms with Crippen LogP contribution in [0.1, 0.15) is 52.4 Å². The van der Waals surface area contributed by atoms with Crippen molar-refractivity contribution in [1.29, 1.82) is 0 Å². The van der Waals surface area contributed by atoms with Crippen LogP contribution in [0.15, 0.2) is 47.4 Å². The molecule has 2 N–H and O–H groups in total. The lowest BCUT2D eigenvalue weighted by atomic mass is 9.76. The molecule has 2 amide bonds. The van der Waals surface area contributed by atoms with E-state index in [2.05, 4.69) is 20.4 Å². The number of nitrogens with one attached hydrogen (secondary N) is 1. The second kappa shape index (κ2) is 12.0. The number of aromatic nitrogens is 5. The highest BCUT2D eigenvalue weighted by Gasteiger charge is 2.44. The van der Waals surface area contributed by atoms with Gasteiger partial charge >= 0.3 is 6.18 Å². The molecule has 3 aliphatic rings. The van der Waals surface area contributed by atoms with Crippen LogP contribution in [0.3, 0.4) is 0 Å². The van der Waals surface area contributed by atoms with Gasteiger partial charge in [-0.3, -0.25) is 14.4 Å². The predicted molar refractivity (Wildman–Crippen MR) is 167 cm³/mol. The Kier molecular flexibility index (Phi) is 7.98. The van der Waals surface area contributed by atoms with Crippen LogP contribution in [0, 0.1) is 5.41 Å². The molecular formula is C32H29ClF3N7O5. The van der Waals surface area contributed by atoms with Crippen LogP contribution in [0.5, 0.6) is 5.75 Å². The first-order valence-corrected chi connectivity index (χ1v) is 15.7. The third-order valence-corrected chi connectivity index (χ3v) is 9.59. The van der Waals surface area contributed by atoms with E-state index in [1.165, 1.54) is 22.8 Å². The molecule has 0 radical (unpaired) electrons. The van der Waals surface area contributed by atoms with Crippen molar-refractivity contribution in [3.05, 3.63) is 86.3 Å². The van der Waals surface area contributed by atoms with Crippen molar-refractivity contribution in [1.82, 2.24) is 29.0 Å². The minimum atomic E-state index is -4.60. The first kappa shape index (κ1) is 31.8. The number of nitrogens with zero attached hydrogens (tertiary/aromatic N) is 6. The molecule has 1 aliphatic carbocycles. The summed E-state index contributed by atoms with van der Waals surface area (Å²) < 4.78 is 47.7. The number of carbonyl (C=O) groups excluding carboxylic acids is 2. The van der Waals surface area contributed by atoms with Crippen molar-refractivity contribution in [2.75, 3.05) is 31.6 Å². The number of anilines is 1. The number of rotatable bonds is 5. The summed E-state index contributed by atoms with van der Waals surface area (Å²) in [5, 5.41) is 17.0. The number of alkyl halides is 3. The average molecular weight is 684 g/mol. The van der Waals surface area contributed by atoms with Crippen LogP contribution in [-0.4, -0.2) is 72.3 Å². The number of benzene rings is 1. The number of piperidine rings is 1. The molecule has 1 saturated heterocycles. The van der Waals surface area contributed by atoms with Gasteiger partial charge in [0.1, 0.15) is 12.3 Å². The quantitative estimate of drug-likeness (QED) is 0.320. The second-order valence-corrected chi connectivity index (χ2v) is 12.7. The maximum Gasteiger partial charge on any atom is 0.416 e. The molecule has 1 spiro atoms. The van der Waals surface area contributed by atoms with Crippen LogP contribution < -0.4 is 10.9 Å². The lowest BCUT2D eigenvalue weighted by Crippen LogP contribution is -2.44. The molecule has 1 aromatic carbocycles. The third-order valence-electron chi connectivity index (χ3n) is 9.27. The normalized spacial score (nSPS) is 17.4. The van der Waals surface area contributed by atoms with Gasteiger partial charge < -0.3 is 24.6 Å². The van der Waals surface area contributed by atoms with E-state index in [0.29, 0.717) is 75.5 Å². The number of likely N-dealkylation sites (tertiary alicyclic amines) is 1. The Balaban J connectivity index is 1.20. The Labute approximate surface area is 275 Å². The van der Waals surface area contributed by atoms with Gasteiger partial charge in [0, 0.05) is 30.5 Å². The SMILES string of the molecule is O=C(Cn1c2c(c(=O)n3nc(C4=CCOCC4)nc13)CC1(CCN(C(=O)c3ncccc3O)CC1)C2)Nc1ccc(C(F)(F)F)cc1Cl. The minimum Gasteiger partial charge on any atom is -0.505 e. The van der Waals surface area contributed by atoms with Crippen molar-refractivity contribution in [3.63, 3.8) is 0 Å². The molecule has 2 aliphatic heterocycles. The minimum absolute atomic E-state index is 0.00495. The molecule has 48 heavy (non-hydrogen) atoms. The molecule has 4 aromatic rings. The third kappa shape index (κ3) is 5.81. The van der Waals surface area contributed by atoms with Crippen LogP contribution in [0.4, 0.5) is 18.9 Å². The highest BCUT2D eigenvalue weighted by Crippen LogP contribution is 2.44. The van der Waals surface area contributed by atoms with Gasteiger partial charge in [-0.1, -0.05) is 17.7 Å². The number of hydrogen-bond acceptors (Lipinski definition) is 8. The highest BCUT2D eigenvalue weighted by molar-refractivity contribution is 6.33. The summed E-state index contributed by atoms with van der Waals surface area (Å²) in [6.45, 7) is 1.28. The van der Waals surface area contributed by atoms with E-state index in [0.717, 1.165) is 23.8 Å². The van der Waals surface area contributed by atoms with E-state index in [1.807, 2.05) is 6.08 Å². The van der Waals surface area contributed by atoms with Gasteiger partial charge in [-0.15, -0.1) is 5.10 Å².